The zero-order valence-electron chi connectivity index (χ0n) is 12.0. The van der Waals surface area contributed by atoms with Gasteiger partial charge in [0.05, 0.1) is 11.0 Å². The van der Waals surface area contributed by atoms with Crippen LogP contribution in [0.15, 0.2) is 29.2 Å². The minimum absolute atomic E-state index is 0.0136. The lowest BCUT2D eigenvalue weighted by molar-refractivity contribution is 0.115. The Morgan fingerprint density at radius 2 is 2.05 bits per heavy atom. The van der Waals surface area contributed by atoms with Crippen LogP contribution in [-0.2, 0) is 21.2 Å². The number of sulfonamides is 1. The Bertz CT molecular complexity index is 528. The summed E-state index contributed by atoms with van der Waals surface area (Å²) < 4.78 is 31.7. The standard InChI is InChI=1S/C14H22N2O3S/c1-15-9-7-12-3-5-14(6-4-12)20(17,18)16-10-8-13(11-16)19-2/h3-6,13,15H,7-11H2,1-2H3. The first-order valence-electron chi connectivity index (χ1n) is 6.84. The van der Waals surface area contributed by atoms with Gasteiger partial charge in [0.1, 0.15) is 0 Å². The van der Waals surface area contributed by atoms with E-state index in [0.717, 1.165) is 24.9 Å². The lowest BCUT2D eigenvalue weighted by Gasteiger charge is -2.16. The van der Waals surface area contributed by atoms with E-state index in [9.17, 15) is 8.42 Å². The lowest BCUT2D eigenvalue weighted by Crippen LogP contribution is -2.30. The summed E-state index contributed by atoms with van der Waals surface area (Å²) in [6.45, 7) is 1.86. The molecule has 112 valence electrons. The van der Waals surface area contributed by atoms with E-state index < -0.39 is 10.0 Å². The molecule has 0 aromatic heterocycles. The molecule has 0 amide bonds. The fourth-order valence-corrected chi connectivity index (χ4v) is 3.84. The second kappa shape index (κ2) is 6.67. The molecule has 1 saturated heterocycles. The second-order valence-corrected chi connectivity index (χ2v) is 6.94. The Hall–Kier alpha value is -0.950. The van der Waals surface area contributed by atoms with Crippen LogP contribution in [0, 0.1) is 0 Å². The van der Waals surface area contributed by atoms with Gasteiger partial charge in [0.2, 0.25) is 10.0 Å². The van der Waals surface area contributed by atoms with Gasteiger partial charge in [0, 0.05) is 20.2 Å². The van der Waals surface area contributed by atoms with Crippen LogP contribution in [0.4, 0.5) is 0 Å². The summed E-state index contributed by atoms with van der Waals surface area (Å²) in [6, 6.07) is 7.16. The molecule has 0 spiro atoms. The topological polar surface area (TPSA) is 58.6 Å². The van der Waals surface area contributed by atoms with E-state index in [2.05, 4.69) is 5.32 Å². The van der Waals surface area contributed by atoms with Gasteiger partial charge in [0.15, 0.2) is 0 Å². The molecule has 1 heterocycles. The lowest BCUT2D eigenvalue weighted by atomic mass is 10.1. The van der Waals surface area contributed by atoms with Gasteiger partial charge in [-0.05, 0) is 44.1 Å². The average molecular weight is 298 g/mol. The highest BCUT2D eigenvalue weighted by Crippen LogP contribution is 2.22. The third-order valence-electron chi connectivity index (χ3n) is 3.67. The maximum absolute atomic E-state index is 12.5. The summed E-state index contributed by atoms with van der Waals surface area (Å²) >= 11 is 0. The Balaban J connectivity index is 2.10. The molecule has 5 nitrogen and oxygen atoms in total. The smallest absolute Gasteiger partial charge is 0.243 e. The number of likely N-dealkylation sites (N-methyl/N-ethyl adjacent to an activating group) is 1. The Labute approximate surface area is 121 Å². The van der Waals surface area contributed by atoms with E-state index in [-0.39, 0.29) is 6.10 Å². The molecule has 1 N–H and O–H groups in total. The van der Waals surface area contributed by atoms with Crippen LogP contribution in [0.3, 0.4) is 0 Å². The SMILES string of the molecule is CNCCc1ccc(S(=O)(=O)N2CCC(OC)C2)cc1. The van der Waals surface area contributed by atoms with E-state index >= 15 is 0 Å². The summed E-state index contributed by atoms with van der Waals surface area (Å²) in [5.41, 5.74) is 1.13. The summed E-state index contributed by atoms with van der Waals surface area (Å²) in [5.74, 6) is 0. The van der Waals surface area contributed by atoms with Crippen LogP contribution in [-0.4, -0.2) is 52.6 Å². The first kappa shape index (κ1) is 15.4. The molecule has 1 aromatic rings. The van der Waals surface area contributed by atoms with Gasteiger partial charge in [-0.1, -0.05) is 12.1 Å². The summed E-state index contributed by atoms with van der Waals surface area (Å²) in [6.07, 6.45) is 1.67. The van der Waals surface area contributed by atoms with Gasteiger partial charge in [0.25, 0.3) is 0 Å². The first-order chi connectivity index (χ1) is 9.57. The Kier molecular flexibility index (Phi) is 5.15. The zero-order valence-corrected chi connectivity index (χ0v) is 12.8. The number of rotatable bonds is 6. The highest BCUT2D eigenvalue weighted by atomic mass is 32.2. The largest absolute Gasteiger partial charge is 0.380 e. The molecule has 1 unspecified atom stereocenters. The number of benzene rings is 1. The molecule has 1 fully saturated rings. The van der Waals surface area contributed by atoms with E-state index in [1.54, 1.807) is 19.2 Å². The van der Waals surface area contributed by atoms with Crippen LogP contribution in [0.5, 0.6) is 0 Å². The van der Waals surface area contributed by atoms with Crippen molar-refractivity contribution in [3.63, 3.8) is 0 Å². The van der Waals surface area contributed by atoms with Crippen molar-refractivity contribution < 1.29 is 13.2 Å². The summed E-state index contributed by atoms with van der Waals surface area (Å²) in [5, 5.41) is 3.08. The highest BCUT2D eigenvalue weighted by Gasteiger charge is 2.32. The molecule has 6 heteroatoms. The predicted octanol–water partition coefficient (Wildman–Crippen LogP) is 0.858. The number of hydrogen-bond acceptors (Lipinski definition) is 4. The number of ether oxygens (including phenoxy) is 1. The minimum atomic E-state index is -3.38. The van der Waals surface area contributed by atoms with Crippen molar-refractivity contribution in [2.75, 3.05) is 33.8 Å². The van der Waals surface area contributed by atoms with Gasteiger partial charge < -0.3 is 10.1 Å². The van der Waals surface area contributed by atoms with Crippen molar-refractivity contribution in [3.05, 3.63) is 29.8 Å². The molecule has 1 aliphatic heterocycles. The van der Waals surface area contributed by atoms with E-state index in [1.807, 2.05) is 19.2 Å². The third kappa shape index (κ3) is 3.38. The molecule has 0 saturated carbocycles. The number of methoxy groups -OCH3 is 1. The Morgan fingerprint density at radius 1 is 1.35 bits per heavy atom. The normalized spacial score (nSPS) is 20.4. The van der Waals surface area contributed by atoms with Crippen LogP contribution >= 0.6 is 0 Å². The van der Waals surface area contributed by atoms with Crippen LogP contribution < -0.4 is 5.32 Å². The zero-order chi connectivity index (χ0) is 14.6. The predicted molar refractivity (Wildman–Crippen MR) is 78.2 cm³/mol. The van der Waals surface area contributed by atoms with Crippen molar-refractivity contribution in [2.45, 2.75) is 23.8 Å². The van der Waals surface area contributed by atoms with Gasteiger partial charge in [-0.15, -0.1) is 0 Å². The average Bonchev–Trinajstić information content (AvgIpc) is 2.95. The van der Waals surface area contributed by atoms with E-state index in [1.165, 1.54) is 4.31 Å². The molecule has 0 aliphatic carbocycles. The fourth-order valence-electron chi connectivity index (χ4n) is 2.35. The Morgan fingerprint density at radius 3 is 2.60 bits per heavy atom. The van der Waals surface area contributed by atoms with Crippen molar-refractivity contribution in [3.8, 4) is 0 Å². The molecular weight excluding hydrogens is 276 g/mol. The van der Waals surface area contributed by atoms with Gasteiger partial charge in [-0.3, -0.25) is 0 Å². The summed E-state index contributed by atoms with van der Waals surface area (Å²) in [7, 11) is 0.142. The van der Waals surface area contributed by atoms with Crippen LogP contribution in [0.25, 0.3) is 0 Å². The molecule has 0 radical (unpaired) electrons. The van der Waals surface area contributed by atoms with E-state index in [0.29, 0.717) is 18.0 Å². The number of nitrogens with zero attached hydrogens (tertiary/aromatic N) is 1. The fraction of sp³-hybridized carbons (Fsp3) is 0.571. The molecule has 20 heavy (non-hydrogen) atoms. The minimum Gasteiger partial charge on any atom is -0.380 e. The van der Waals surface area contributed by atoms with E-state index in [4.69, 9.17) is 4.74 Å². The molecule has 1 atom stereocenters. The number of nitrogens with one attached hydrogen (secondary N) is 1. The maximum atomic E-state index is 12.5. The molecule has 0 bridgehead atoms. The van der Waals surface area contributed by atoms with Gasteiger partial charge in [-0.2, -0.15) is 4.31 Å². The third-order valence-corrected chi connectivity index (χ3v) is 5.55. The quantitative estimate of drug-likeness (QED) is 0.846. The van der Waals surface area contributed by atoms with Crippen molar-refractivity contribution >= 4 is 10.0 Å². The van der Waals surface area contributed by atoms with Gasteiger partial charge >= 0.3 is 0 Å². The summed E-state index contributed by atoms with van der Waals surface area (Å²) in [4.78, 5) is 0.363. The molecule has 1 aromatic carbocycles. The maximum Gasteiger partial charge on any atom is 0.243 e. The van der Waals surface area contributed by atoms with Crippen molar-refractivity contribution in [2.24, 2.45) is 0 Å². The second-order valence-electron chi connectivity index (χ2n) is 5.01. The first-order valence-corrected chi connectivity index (χ1v) is 8.28. The highest BCUT2D eigenvalue weighted by molar-refractivity contribution is 7.89. The van der Waals surface area contributed by atoms with Crippen molar-refractivity contribution in [1.82, 2.24) is 9.62 Å². The van der Waals surface area contributed by atoms with Crippen LogP contribution in [0.2, 0.25) is 0 Å². The monoisotopic (exact) mass is 298 g/mol. The number of hydrogen-bond donors (Lipinski definition) is 1. The van der Waals surface area contributed by atoms with Crippen molar-refractivity contribution in [1.29, 1.82) is 0 Å². The molecule has 1 aliphatic rings. The molecule has 2 rings (SSSR count). The molecular formula is C14H22N2O3S. The van der Waals surface area contributed by atoms with Crippen LogP contribution in [0.1, 0.15) is 12.0 Å². The van der Waals surface area contributed by atoms with Gasteiger partial charge in [-0.25, -0.2) is 8.42 Å².